The predicted octanol–water partition coefficient (Wildman–Crippen LogP) is 2.34. The van der Waals surface area contributed by atoms with Gasteiger partial charge in [-0.05, 0) is 50.4 Å². The third-order valence-electron chi connectivity index (χ3n) is 3.15. The Morgan fingerprint density at radius 1 is 1.47 bits per heavy atom. The molecule has 0 saturated carbocycles. The van der Waals surface area contributed by atoms with Crippen LogP contribution in [0.4, 0.5) is 0 Å². The maximum absolute atomic E-state index is 10.2. The number of aliphatic hydroxyl groups excluding tert-OH is 1. The molecule has 1 unspecified atom stereocenters. The molecule has 1 aliphatic rings. The van der Waals surface area contributed by atoms with Crippen LogP contribution in [-0.2, 0) is 6.42 Å². The Morgan fingerprint density at radius 3 is 2.80 bits per heavy atom. The molecule has 1 saturated heterocycles. The summed E-state index contributed by atoms with van der Waals surface area (Å²) in [6.45, 7) is 4.26. The van der Waals surface area contributed by atoms with Crippen LogP contribution < -0.4 is 5.32 Å². The highest BCUT2D eigenvalue weighted by molar-refractivity contribution is 7.12. The van der Waals surface area contributed by atoms with E-state index in [-0.39, 0.29) is 6.10 Å². The van der Waals surface area contributed by atoms with Crippen LogP contribution in [0.15, 0.2) is 12.1 Å². The molecule has 1 aromatic rings. The molecule has 3 heteroatoms. The zero-order valence-electron chi connectivity index (χ0n) is 9.20. The van der Waals surface area contributed by atoms with E-state index in [4.69, 9.17) is 0 Å². The van der Waals surface area contributed by atoms with Gasteiger partial charge in [0.25, 0.3) is 0 Å². The second-order valence-electron chi connectivity index (χ2n) is 4.19. The third kappa shape index (κ3) is 2.60. The van der Waals surface area contributed by atoms with Crippen LogP contribution in [0.5, 0.6) is 0 Å². The molecule has 1 aliphatic heterocycles. The Labute approximate surface area is 95.3 Å². The lowest BCUT2D eigenvalue weighted by Crippen LogP contribution is -2.30. The maximum atomic E-state index is 10.2. The fraction of sp³-hybridized carbons (Fsp3) is 0.667. The van der Waals surface area contributed by atoms with E-state index in [9.17, 15) is 5.11 Å². The molecule has 0 aliphatic carbocycles. The summed E-state index contributed by atoms with van der Waals surface area (Å²) in [5.41, 5.74) is 0. The molecule has 2 N–H and O–H groups in total. The molecule has 0 bridgehead atoms. The summed E-state index contributed by atoms with van der Waals surface area (Å²) in [6.07, 6.45) is 3.03. The molecule has 84 valence electrons. The van der Waals surface area contributed by atoms with Gasteiger partial charge >= 0.3 is 0 Å². The van der Waals surface area contributed by atoms with E-state index in [0.29, 0.717) is 5.92 Å². The van der Waals surface area contributed by atoms with Gasteiger partial charge in [-0.1, -0.05) is 6.92 Å². The highest BCUT2D eigenvalue weighted by Crippen LogP contribution is 2.32. The maximum Gasteiger partial charge on any atom is 0.0911 e. The van der Waals surface area contributed by atoms with Gasteiger partial charge in [-0.2, -0.15) is 0 Å². The molecule has 2 heterocycles. The molecule has 1 aromatic heterocycles. The van der Waals surface area contributed by atoms with Crippen LogP contribution in [0.2, 0.25) is 0 Å². The SMILES string of the molecule is CCc1ccc(C(O)C2CCNCC2)s1. The minimum atomic E-state index is -0.239. The van der Waals surface area contributed by atoms with Crippen LogP contribution >= 0.6 is 11.3 Å². The summed E-state index contributed by atoms with van der Waals surface area (Å²) in [5.74, 6) is 0.453. The Hall–Kier alpha value is -0.380. The van der Waals surface area contributed by atoms with E-state index in [1.807, 2.05) is 0 Å². The van der Waals surface area contributed by atoms with Gasteiger partial charge < -0.3 is 10.4 Å². The van der Waals surface area contributed by atoms with Crippen molar-refractivity contribution in [1.82, 2.24) is 5.32 Å². The molecule has 2 rings (SSSR count). The first-order valence-corrected chi connectivity index (χ1v) is 6.60. The number of aliphatic hydroxyl groups is 1. The lowest BCUT2D eigenvalue weighted by Gasteiger charge is -2.26. The lowest BCUT2D eigenvalue weighted by atomic mass is 9.91. The standard InChI is InChI=1S/C12H19NOS/c1-2-10-3-4-11(15-10)12(14)9-5-7-13-8-6-9/h3-4,9,12-14H,2,5-8H2,1H3. The fourth-order valence-electron chi connectivity index (χ4n) is 2.14. The van der Waals surface area contributed by atoms with Crippen molar-refractivity contribution < 1.29 is 5.11 Å². The molecule has 0 aromatic carbocycles. The molecule has 1 fully saturated rings. The summed E-state index contributed by atoms with van der Waals surface area (Å²) >= 11 is 1.76. The summed E-state index contributed by atoms with van der Waals surface area (Å²) in [7, 11) is 0. The van der Waals surface area contributed by atoms with Crippen molar-refractivity contribution in [3.05, 3.63) is 21.9 Å². The summed E-state index contributed by atoms with van der Waals surface area (Å²) < 4.78 is 0. The van der Waals surface area contributed by atoms with Crippen LogP contribution in [0, 0.1) is 5.92 Å². The van der Waals surface area contributed by atoms with Gasteiger partial charge in [0, 0.05) is 9.75 Å². The molecule has 0 radical (unpaired) electrons. The average Bonchev–Trinajstić information content (AvgIpc) is 2.78. The van der Waals surface area contributed by atoms with Gasteiger partial charge in [0.15, 0.2) is 0 Å². The lowest BCUT2D eigenvalue weighted by molar-refractivity contribution is 0.0920. The van der Waals surface area contributed by atoms with Gasteiger partial charge in [0.1, 0.15) is 0 Å². The molecule has 2 nitrogen and oxygen atoms in total. The summed E-state index contributed by atoms with van der Waals surface area (Å²) in [6, 6.07) is 4.24. The number of hydrogen-bond acceptors (Lipinski definition) is 3. The minimum absolute atomic E-state index is 0.239. The van der Waals surface area contributed by atoms with Gasteiger partial charge in [0.2, 0.25) is 0 Å². The van der Waals surface area contributed by atoms with Gasteiger partial charge in [-0.15, -0.1) is 11.3 Å². The highest BCUT2D eigenvalue weighted by Gasteiger charge is 2.23. The first-order chi connectivity index (χ1) is 7.31. The van der Waals surface area contributed by atoms with Gasteiger partial charge in [-0.25, -0.2) is 0 Å². The number of rotatable bonds is 3. The van der Waals surface area contributed by atoms with Gasteiger partial charge in [-0.3, -0.25) is 0 Å². The van der Waals surface area contributed by atoms with E-state index < -0.39 is 0 Å². The highest BCUT2D eigenvalue weighted by atomic mass is 32.1. The predicted molar refractivity (Wildman–Crippen MR) is 64.3 cm³/mol. The number of nitrogens with one attached hydrogen (secondary N) is 1. The number of hydrogen-bond donors (Lipinski definition) is 2. The summed E-state index contributed by atoms with van der Waals surface area (Å²) in [4.78, 5) is 2.52. The second kappa shape index (κ2) is 5.10. The Morgan fingerprint density at radius 2 is 2.20 bits per heavy atom. The zero-order valence-corrected chi connectivity index (χ0v) is 10.0. The Kier molecular flexibility index (Phi) is 3.78. The van der Waals surface area contributed by atoms with E-state index >= 15 is 0 Å². The topological polar surface area (TPSA) is 32.3 Å². The minimum Gasteiger partial charge on any atom is -0.387 e. The smallest absolute Gasteiger partial charge is 0.0911 e. The van der Waals surface area contributed by atoms with Crippen molar-refractivity contribution >= 4 is 11.3 Å². The van der Waals surface area contributed by atoms with Crippen molar-refractivity contribution in [1.29, 1.82) is 0 Å². The van der Waals surface area contributed by atoms with Crippen molar-refractivity contribution in [2.45, 2.75) is 32.3 Å². The van der Waals surface area contributed by atoms with Crippen LogP contribution in [0.25, 0.3) is 0 Å². The van der Waals surface area contributed by atoms with E-state index in [0.717, 1.165) is 37.2 Å². The third-order valence-corrected chi connectivity index (χ3v) is 4.45. The largest absolute Gasteiger partial charge is 0.387 e. The zero-order chi connectivity index (χ0) is 10.7. The normalized spacial score (nSPS) is 20.4. The fourth-order valence-corrected chi connectivity index (χ4v) is 3.17. The van der Waals surface area contributed by atoms with Crippen molar-refractivity contribution in [2.75, 3.05) is 13.1 Å². The van der Waals surface area contributed by atoms with Crippen LogP contribution in [0.3, 0.4) is 0 Å². The van der Waals surface area contributed by atoms with E-state index in [2.05, 4.69) is 24.4 Å². The van der Waals surface area contributed by atoms with Crippen LogP contribution in [-0.4, -0.2) is 18.2 Å². The molecular formula is C12H19NOS. The summed E-state index contributed by atoms with van der Waals surface area (Å²) in [5, 5.41) is 13.6. The first-order valence-electron chi connectivity index (χ1n) is 5.78. The molecule has 0 amide bonds. The van der Waals surface area contributed by atoms with Crippen LogP contribution in [0.1, 0.15) is 35.6 Å². The van der Waals surface area contributed by atoms with E-state index in [1.54, 1.807) is 11.3 Å². The van der Waals surface area contributed by atoms with Gasteiger partial charge in [0.05, 0.1) is 6.10 Å². The van der Waals surface area contributed by atoms with Crippen molar-refractivity contribution in [2.24, 2.45) is 5.92 Å². The molecule has 15 heavy (non-hydrogen) atoms. The Bertz CT molecular complexity index is 304. The quantitative estimate of drug-likeness (QED) is 0.827. The number of thiophene rings is 1. The Balaban J connectivity index is 2.02. The van der Waals surface area contributed by atoms with Crippen molar-refractivity contribution in [3.8, 4) is 0 Å². The number of aryl methyl sites for hydroxylation is 1. The van der Waals surface area contributed by atoms with E-state index in [1.165, 1.54) is 4.88 Å². The second-order valence-corrected chi connectivity index (χ2v) is 5.39. The first kappa shape index (κ1) is 11.1. The van der Waals surface area contributed by atoms with Crippen molar-refractivity contribution in [3.63, 3.8) is 0 Å². The average molecular weight is 225 g/mol. The monoisotopic (exact) mass is 225 g/mol. The molecular weight excluding hydrogens is 206 g/mol. The molecule has 0 spiro atoms. The molecule has 1 atom stereocenters. The number of piperidine rings is 1.